The summed E-state index contributed by atoms with van der Waals surface area (Å²) in [5.41, 5.74) is 4.69. The second-order valence-corrected chi connectivity index (χ2v) is 8.40. The molecular formula is C26H42O4. The maximum atomic E-state index is 12.7. The fourth-order valence-electron chi connectivity index (χ4n) is 3.05. The van der Waals surface area contributed by atoms with Crippen LogP contribution in [0.4, 0.5) is 0 Å². The maximum Gasteiger partial charge on any atom is 0.187 e. The highest BCUT2D eigenvalue weighted by Crippen LogP contribution is 2.19. The number of carbonyl (C=O) groups is 2. The Bertz CT molecular complexity index is 686. The van der Waals surface area contributed by atoms with Gasteiger partial charge in [0.2, 0.25) is 0 Å². The second-order valence-electron chi connectivity index (χ2n) is 8.40. The van der Waals surface area contributed by atoms with Crippen LogP contribution in [0.2, 0.25) is 0 Å². The van der Waals surface area contributed by atoms with Gasteiger partial charge in [-0.3, -0.25) is 9.59 Å². The van der Waals surface area contributed by atoms with Gasteiger partial charge >= 0.3 is 0 Å². The summed E-state index contributed by atoms with van der Waals surface area (Å²) in [6.45, 7) is 13.2. The first-order valence-electron chi connectivity index (χ1n) is 10.9. The van der Waals surface area contributed by atoms with Crippen LogP contribution in [0, 0.1) is 0 Å². The number of Topliss-reactive ketones (excluding diaryl/α,β-unsaturated/α-hetero) is 2. The summed E-state index contributed by atoms with van der Waals surface area (Å²) in [6.07, 6.45) is 10.5. The number of ketones is 2. The summed E-state index contributed by atoms with van der Waals surface area (Å²) in [6, 6.07) is 0. The summed E-state index contributed by atoms with van der Waals surface area (Å²) in [5, 5.41) is 9.62. The third-order valence-corrected chi connectivity index (χ3v) is 5.24. The molecular weight excluding hydrogens is 376 g/mol. The van der Waals surface area contributed by atoms with Gasteiger partial charge in [-0.25, -0.2) is 0 Å². The first-order valence-corrected chi connectivity index (χ1v) is 10.9. The van der Waals surface area contributed by atoms with E-state index in [4.69, 9.17) is 4.74 Å². The molecule has 0 aliphatic heterocycles. The highest BCUT2D eigenvalue weighted by molar-refractivity contribution is 6.08. The van der Waals surface area contributed by atoms with Gasteiger partial charge in [0.25, 0.3) is 0 Å². The Morgan fingerprint density at radius 2 is 1.47 bits per heavy atom. The number of aliphatic hydroxyl groups is 1. The van der Waals surface area contributed by atoms with Crippen molar-refractivity contribution in [3.05, 3.63) is 46.1 Å². The Hall–Kier alpha value is -1.78. The van der Waals surface area contributed by atoms with Gasteiger partial charge in [0.1, 0.15) is 12.2 Å². The smallest absolute Gasteiger partial charge is 0.187 e. The number of ether oxygens (including phenoxy) is 1. The largest absolute Gasteiger partial charge is 0.385 e. The number of methoxy groups -OCH3 is 1. The number of rotatable bonds is 14. The van der Waals surface area contributed by atoms with Crippen molar-refractivity contribution in [1.29, 1.82) is 0 Å². The molecule has 0 bridgehead atoms. The Kier molecular flexibility index (Phi) is 14.2. The lowest BCUT2D eigenvalue weighted by Crippen LogP contribution is -2.25. The van der Waals surface area contributed by atoms with E-state index in [-0.39, 0.29) is 5.78 Å². The fourth-order valence-corrected chi connectivity index (χ4v) is 3.05. The minimum Gasteiger partial charge on any atom is -0.385 e. The van der Waals surface area contributed by atoms with Crippen LogP contribution < -0.4 is 0 Å². The van der Waals surface area contributed by atoms with Gasteiger partial charge in [-0.05, 0) is 87.0 Å². The molecule has 0 spiro atoms. The van der Waals surface area contributed by atoms with Crippen molar-refractivity contribution < 1.29 is 19.4 Å². The van der Waals surface area contributed by atoms with Gasteiger partial charge < -0.3 is 9.84 Å². The van der Waals surface area contributed by atoms with Crippen LogP contribution >= 0.6 is 0 Å². The summed E-state index contributed by atoms with van der Waals surface area (Å²) >= 11 is 0. The van der Waals surface area contributed by atoms with E-state index in [1.165, 1.54) is 37.2 Å². The van der Waals surface area contributed by atoms with Gasteiger partial charge in [0, 0.05) is 18.3 Å². The Labute approximate surface area is 183 Å². The van der Waals surface area contributed by atoms with Crippen LogP contribution in [0.3, 0.4) is 0 Å². The van der Waals surface area contributed by atoms with Crippen LogP contribution in [0.15, 0.2) is 46.1 Å². The van der Waals surface area contributed by atoms with Gasteiger partial charge in [-0.15, -0.1) is 0 Å². The normalized spacial score (nSPS) is 15.4. The summed E-state index contributed by atoms with van der Waals surface area (Å²) in [7, 11) is 1.47. The molecule has 0 rings (SSSR count). The van der Waals surface area contributed by atoms with E-state index in [0.717, 1.165) is 25.7 Å². The second kappa shape index (κ2) is 15.1. The lowest BCUT2D eigenvalue weighted by molar-refractivity contribution is -0.126. The van der Waals surface area contributed by atoms with Crippen molar-refractivity contribution in [2.75, 3.05) is 7.11 Å². The standard InChI is InChI=1S/C26H42O4/c1-18(2)12-9-10-13-19(3)14-11-15-20(4)16-17-24(26(29)23(7)30-8)21(5)25(28)22(6)27/h12,14,16,22-23,27H,9-11,13,15,17H2,1-8H3/b19-14+,20-16+,24-21-. The zero-order valence-electron chi connectivity index (χ0n) is 20.3. The molecule has 0 saturated carbocycles. The lowest BCUT2D eigenvalue weighted by Gasteiger charge is -2.15. The van der Waals surface area contributed by atoms with Crippen molar-refractivity contribution in [1.82, 2.24) is 0 Å². The van der Waals surface area contributed by atoms with E-state index in [1.54, 1.807) is 13.8 Å². The molecule has 0 aromatic heterocycles. The minimum absolute atomic E-state index is 0.208. The quantitative estimate of drug-likeness (QED) is 0.212. The van der Waals surface area contributed by atoms with Crippen molar-refractivity contribution in [3.63, 3.8) is 0 Å². The minimum atomic E-state index is -1.12. The zero-order valence-corrected chi connectivity index (χ0v) is 20.3. The molecule has 0 aliphatic rings. The van der Waals surface area contributed by atoms with Gasteiger partial charge in [0.15, 0.2) is 11.6 Å². The van der Waals surface area contributed by atoms with E-state index in [9.17, 15) is 14.7 Å². The molecule has 0 radical (unpaired) electrons. The SMILES string of the molecule is COC(C)C(=O)/C(C/C=C(\C)CC/C=C(\C)CCCC=C(C)C)=C(/C)C(=O)C(C)O. The molecule has 4 heteroatoms. The van der Waals surface area contributed by atoms with Crippen LogP contribution in [-0.2, 0) is 14.3 Å². The van der Waals surface area contributed by atoms with Gasteiger partial charge in [-0.2, -0.15) is 0 Å². The molecule has 0 fully saturated rings. The van der Waals surface area contributed by atoms with E-state index in [0.29, 0.717) is 17.6 Å². The number of hydrogen-bond donors (Lipinski definition) is 1. The molecule has 170 valence electrons. The molecule has 0 aromatic rings. The van der Waals surface area contributed by atoms with E-state index in [1.807, 2.05) is 13.0 Å². The first-order chi connectivity index (χ1) is 14.0. The molecule has 2 atom stereocenters. The van der Waals surface area contributed by atoms with E-state index in [2.05, 4.69) is 32.9 Å². The Morgan fingerprint density at radius 1 is 0.867 bits per heavy atom. The molecule has 0 heterocycles. The predicted octanol–water partition coefficient (Wildman–Crippen LogP) is 6.06. The Balaban J connectivity index is 5.01. The average Bonchev–Trinajstić information content (AvgIpc) is 2.69. The summed E-state index contributed by atoms with van der Waals surface area (Å²) in [5.74, 6) is -0.625. The lowest BCUT2D eigenvalue weighted by atomic mass is 9.93. The third kappa shape index (κ3) is 11.4. The topological polar surface area (TPSA) is 63.6 Å². The number of hydrogen-bond acceptors (Lipinski definition) is 4. The third-order valence-electron chi connectivity index (χ3n) is 5.24. The molecule has 4 nitrogen and oxygen atoms in total. The van der Waals surface area contributed by atoms with E-state index >= 15 is 0 Å². The van der Waals surface area contributed by atoms with Crippen molar-refractivity contribution in [3.8, 4) is 0 Å². The monoisotopic (exact) mass is 418 g/mol. The number of carbonyl (C=O) groups excluding carboxylic acids is 2. The van der Waals surface area contributed by atoms with Crippen molar-refractivity contribution >= 4 is 11.6 Å². The fraction of sp³-hybridized carbons (Fsp3) is 0.615. The molecule has 30 heavy (non-hydrogen) atoms. The Morgan fingerprint density at radius 3 is 2.00 bits per heavy atom. The zero-order chi connectivity index (χ0) is 23.3. The summed E-state index contributed by atoms with van der Waals surface area (Å²) < 4.78 is 5.15. The molecule has 0 aliphatic carbocycles. The molecule has 0 saturated heterocycles. The van der Waals surface area contributed by atoms with Crippen LogP contribution in [-0.4, -0.2) is 36.0 Å². The van der Waals surface area contributed by atoms with Gasteiger partial charge in [0.05, 0.1) is 0 Å². The number of unbranched alkanes of at least 4 members (excludes halogenated alkanes) is 1. The number of aliphatic hydroxyl groups excluding tert-OH is 1. The van der Waals surface area contributed by atoms with Crippen molar-refractivity contribution in [2.24, 2.45) is 0 Å². The van der Waals surface area contributed by atoms with Crippen LogP contribution in [0.25, 0.3) is 0 Å². The van der Waals surface area contributed by atoms with Gasteiger partial charge in [-0.1, -0.05) is 34.9 Å². The van der Waals surface area contributed by atoms with Crippen LogP contribution in [0.1, 0.15) is 87.0 Å². The average molecular weight is 419 g/mol. The maximum absolute atomic E-state index is 12.7. The van der Waals surface area contributed by atoms with E-state index < -0.39 is 18.0 Å². The first kappa shape index (κ1) is 28.2. The molecule has 0 amide bonds. The number of allylic oxidation sites excluding steroid dienone is 6. The molecule has 2 unspecified atom stereocenters. The molecule has 1 N–H and O–H groups in total. The highest BCUT2D eigenvalue weighted by Gasteiger charge is 2.23. The molecule has 0 aromatic carbocycles. The highest BCUT2D eigenvalue weighted by atomic mass is 16.5. The summed E-state index contributed by atoms with van der Waals surface area (Å²) in [4.78, 5) is 24.9. The predicted molar refractivity (Wildman–Crippen MR) is 126 cm³/mol. The van der Waals surface area contributed by atoms with Crippen LogP contribution in [0.5, 0.6) is 0 Å². The van der Waals surface area contributed by atoms with Crippen molar-refractivity contribution in [2.45, 2.75) is 99.2 Å².